The first-order chi connectivity index (χ1) is 20.3. The molecule has 42 heavy (non-hydrogen) atoms. The van der Waals surface area contributed by atoms with E-state index in [9.17, 15) is 25.2 Å². The number of cyclic esters (lactones) is 1. The van der Waals surface area contributed by atoms with E-state index in [4.69, 9.17) is 9.47 Å². The van der Waals surface area contributed by atoms with Crippen LogP contribution in [0, 0.1) is 0 Å². The van der Waals surface area contributed by atoms with Gasteiger partial charge in [-0.25, -0.2) is 4.79 Å². The predicted octanol–water partition coefficient (Wildman–Crippen LogP) is 7.06. The molecule has 2 heterocycles. The highest BCUT2D eigenvalue weighted by atomic mass is 16.5. The van der Waals surface area contributed by atoms with Crippen molar-refractivity contribution in [2.75, 3.05) is 0 Å². The minimum atomic E-state index is -0.637. The quantitative estimate of drug-likeness (QED) is 0.0624. The molecule has 7 nitrogen and oxygen atoms in total. The number of carbonyl (C=O) groups is 1. The van der Waals surface area contributed by atoms with E-state index in [0.29, 0.717) is 18.4 Å². The highest BCUT2D eigenvalue weighted by Gasteiger charge is 2.34. The Hall–Kier alpha value is -0.990. The molecule has 0 aromatic carbocycles. The highest BCUT2D eigenvalue weighted by molar-refractivity contribution is 5.90. The summed E-state index contributed by atoms with van der Waals surface area (Å²) in [4.78, 5) is 11.7. The van der Waals surface area contributed by atoms with Gasteiger partial charge in [0.25, 0.3) is 0 Å². The topological polar surface area (TPSA) is 116 Å². The van der Waals surface area contributed by atoms with Gasteiger partial charge in [-0.1, -0.05) is 103 Å². The van der Waals surface area contributed by atoms with Crippen molar-refractivity contribution in [1.29, 1.82) is 0 Å². The molecule has 246 valence electrons. The fourth-order valence-corrected chi connectivity index (χ4v) is 6.40. The van der Waals surface area contributed by atoms with E-state index in [0.717, 1.165) is 70.6 Å². The number of aliphatic hydroxyl groups is 4. The summed E-state index contributed by atoms with van der Waals surface area (Å²) in [6, 6.07) is 0. The maximum Gasteiger partial charge on any atom is 0.334 e. The number of esters is 1. The summed E-state index contributed by atoms with van der Waals surface area (Å²) in [5.74, 6) is -0.344. The van der Waals surface area contributed by atoms with Crippen LogP contribution < -0.4 is 0 Å². The molecule has 1 fully saturated rings. The van der Waals surface area contributed by atoms with Crippen LogP contribution in [0.25, 0.3) is 0 Å². The van der Waals surface area contributed by atoms with Crippen LogP contribution in [0.4, 0.5) is 0 Å². The van der Waals surface area contributed by atoms with Crippen LogP contribution in [-0.4, -0.2) is 69.1 Å². The average Bonchev–Trinajstić information content (AvgIpc) is 3.58. The Balaban J connectivity index is 1.40. The number of hydrogen-bond donors (Lipinski definition) is 4. The second kappa shape index (κ2) is 22.5. The number of carbonyl (C=O) groups excluding carboxylic acids is 1. The maximum absolute atomic E-state index is 11.7. The Morgan fingerprint density at radius 3 is 1.60 bits per heavy atom. The minimum absolute atomic E-state index is 0.129. The summed E-state index contributed by atoms with van der Waals surface area (Å²) >= 11 is 0. The van der Waals surface area contributed by atoms with Gasteiger partial charge in [-0.15, -0.1) is 0 Å². The largest absolute Gasteiger partial charge is 0.455 e. The van der Waals surface area contributed by atoms with Crippen LogP contribution in [-0.2, 0) is 14.3 Å². The zero-order valence-electron chi connectivity index (χ0n) is 26.9. The van der Waals surface area contributed by atoms with Gasteiger partial charge in [0.1, 0.15) is 6.10 Å². The van der Waals surface area contributed by atoms with Crippen LogP contribution >= 0.6 is 0 Å². The molecule has 7 atom stereocenters. The molecule has 4 N–H and O–H groups in total. The Bertz CT molecular complexity index is 726. The number of rotatable bonds is 26. The number of unbranched alkanes of at least 4 members (excludes halogenated alkanes) is 13. The molecule has 1 unspecified atom stereocenters. The fraction of sp³-hybridized carbons (Fsp3) is 0.914. The summed E-state index contributed by atoms with van der Waals surface area (Å²) in [7, 11) is 0. The first-order valence-corrected chi connectivity index (χ1v) is 17.6. The summed E-state index contributed by atoms with van der Waals surface area (Å²) in [5.41, 5.74) is 0.533. The molecular weight excluding hydrogens is 532 g/mol. The molecule has 1 saturated heterocycles. The lowest BCUT2D eigenvalue weighted by molar-refractivity contribution is -0.139. The van der Waals surface area contributed by atoms with E-state index in [1.165, 1.54) is 57.8 Å². The van der Waals surface area contributed by atoms with Gasteiger partial charge in [0, 0.05) is 12.0 Å². The molecule has 0 aromatic rings. The Morgan fingerprint density at radius 1 is 0.667 bits per heavy atom. The third kappa shape index (κ3) is 16.2. The summed E-state index contributed by atoms with van der Waals surface area (Å²) < 4.78 is 11.1. The van der Waals surface area contributed by atoms with Gasteiger partial charge in [-0.3, -0.25) is 0 Å². The van der Waals surface area contributed by atoms with E-state index in [2.05, 4.69) is 6.92 Å². The zero-order chi connectivity index (χ0) is 30.6. The lowest BCUT2D eigenvalue weighted by Crippen LogP contribution is -2.31. The molecule has 0 radical (unpaired) electrons. The van der Waals surface area contributed by atoms with E-state index >= 15 is 0 Å². The van der Waals surface area contributed by atoms with Crippen molar-refractivity contribution < 1.29 is 34.7 Å². The SMILES string of the molecule is CCCCCCCCCCCC[C@H](O)[C@@H]1CC[C@@H]([C@@H](O)CCCCCCCC(O)CC[C@H](O)CC2=C[C@H](C)OC2=O)O1. The lowest BCUT2D eigenvalue weighted by Gasteiger charge is -2.22. The monoisotopic (exact) mass is 596 g/mol. The number of hydrogen-bond acceptors (Lipinski definition) is 7. The summed E-state index contributed by atoms with van der Waals surface area (Å²) in [6.45, 7) is 4.06. The van der Waals surface area contributed by atoms with E-state index in [1.807, 2.05) is 0 Å². The number of ether oxygens (including phenoxy) is 2. The van der Waals surface area contributed by atoms with Gasteiger partial charge in [0.2, 0.25) is 0 Å². The molecule has 0 spiro atoms. The van der Waals surface area contributed by atoms with Crippen molar-refractivity contribution in [3.05, 3.63) is 11.6 Å². The highest BCUT2D eigenvalue weighted by Crippen LogP contribution is 2.28. The second-order valence-electron chi connectivity index (χ2n) is 13.1. The fourth-order valence-electron chi connectivity index (χ4n) is 6.40. The van der Waals surface area contributed by atoms with Gasteiger partial charge in [-0.05, 0) is 57.9 Å². The van der Waals surface area contributed by atoms with Gasteiger partial charge in [-0.2, -0.15) is 0 Å². The summed E-state index contributed by atoms with van der Waals surface area (Å²) in [5, 5.41) is 41.6. The van der Waals surface area contributed by atoms with Gasteiger partial charge in [0.05, 0.1) is 36.6 Å². The van der Waals surface area contributed by atoms with Crippen molar-refractivity contribution in [3.63, 3.8) is 0 Å². The smallest absolute Gasteiger partial charge is 0.334 e. The lowest BCUT2D eigenvalue weighted by atomic mass is 9.99. The van der Waals surface area contributed by atoms with E-state index < -0.39 is 24.4 Å². The van der Waals surface area contributed by atoms with Crippen molar-refractivity contribution in [3.8, 4) is 0 Å². The first-order valence-electron chi connectivity index (χ1n) is 17.6. The van der Waals surface area contributed by atoms with Crippen LogP contribution in [0.2, 0.25) is 0 Å². The second-order valence-corrected chi connectivity index (χ2v) is 13.1. The Kier molecular flexibility index (Phi) is 19.9. The Labute approximate surface area is 256 Å². The van der Waals surface area contributed by atoms with Crippen molar-refractivity contribution in [2.24, 2.45) is 0 Å². The molecule has 0 bridgehead atoms. The molecular formula is C35H64O7. The zero-order valence-corrected chi connectivity index (χ0v) is 26.9. The molecule has 0 saturated carbocycles. The summed E-state index contributed by atoms with van der Waals surface area (Å²) in [6.07, 6.45) is 22.5. The average molecular weight is 597 g/mol. The van der Waals surface area contributed by atoms with Crippen molar-refractivity contribution in [2.45, 2.75) is 204 Å². The normalized spacial score (nSPS) is 23.5. The van der Waals surface area contributed by atoms with Crippen LogP contribution in [0.3, 0.4) is 0 Å². The van der Waals surface area contributed by atoms with Gasteiger partial charge >= 0.3 is 5.97 Å². The molecule has 2 aliphatic heterocycles. The van der Waals surface area contributed by atoms with E-state index in [1.54, 1.807) is 13.0 Å². The molecule has 2 rings (SSSR count). The molecule has 7 heteroatoms. The van der Waals surface area contributed by atoms with Crippen LogP contribution in [0.1, 0.15) is 162 Å². The molecule has 0 amide bonds. The third-order valence-corrected chi connectivity index (χ3v) is 9.11. The minimum Gasteiger partial charge on any atom is -0.455 e. The molecule has 0 aromatic heterocycles. The number of aliphatic hydroxyl groups excluding tert-OH is 4. The molecule has 0 aliphatic carbocycles. The van der Waals surface area contributed by atoms with Crippen LogP contribution in [0.15, 0.2) is 11.6 Å². The van der Waals surface area contributed by atoms with Crippen LogP contribution in [0.5, 0.6) is 0 Å². The van der Waals surface area contributed by atoms with E-state index in [-0.39, 0.29) is 30.7 Å². The predicted molar refractivity (Wildman–Crippen MR) is 168 cm³/mol. The standard InChI is InChI=1S/C35H64O7/c1-3-4-5-6-7-8-9-10-13-16-19-31(38)33-23-24-34(42-33)32(39)20-17-14-11-12-15-18-29(36)21-22-30(37)26-28-25-27(2)41-35(28)40/h25,27,29-34,36-39H,3-24,26H2,1-2H3/t27-,29?,30-,31-,32-,33-,34-/m0/s1. The van der Waals surface area contributed by atoms with Gasteiger partial charge in [0.15, 0.2) is 0 Å². The Morgan fingerprint density at radius 2 is 1.12 bits per heavy atom. The van der Waals surface area contributed by atoms with Crippen molar-refractivity contribution in [1.82, 2.24) is 0 Å². The molecule has 2 aliphatic rings. The van der Waals surface area contributed by atoms with Crippen molar-refractivity contribution >= 4 is 5.97 Å². The van der Waals surface area contributed by atoms with Gasteiger partial charge < -0.3 is 29.9 Å². The maximum atomic E-state index is 11.7. The first kappa shape index (κ1) is 37.2. The third-order valence-electron chi connectivity index (χ3n) is 9.11.